The van der Waals surface area contributed by atoms with Crippen LogP contribution in [0.25, 0.3) is 0 Å². The molecule has 0 fully saturated rings. The Labute approximate surface area is 158 Å². The summed E-state index contributed by atoms with van der Waals surface area (Å²) in [5.41, 5.74) is 1.65. The monoisotopic (exact) mass is 374 g/mol. The molecule has 2 N–H and O–H groups in total. The highest BCUT2D eigenvalue weighted by molar-refractivity contribution is 6.30. The predicted octanol–water partition coefficient (Wildman–Crippen LogP) is 3.77. The summed E-state index contributed by atoms with van der Waals surface area (Å²) in [6, 6.07) is 13.2. The SMILES string of the molecule is CC(NC(=O)CNC(C)(C)c1ccc2c(c1)OCO2)c1ccc(Cl)cc1. The summed E-state index contributed by atoms with van der Waals surface area (Å²) in [7, 11) is 0. The maximum atomic E-state index is 12.3. The Kier molecular flexibility index (Phi) is 5.39. The van der Waals surface area contributed by atoms with Gasteiger partial charge in [0.15, 0.2) is 11.5 Å². The molecule has 2 aromatic carbocycles. The molecule has 1 aliphatic rings. The standard InChI is InChI=1S/C20H23ClN2O3/c1-13(14-4-7-16(21)8-5-14)23-19(24)11-22-20(2,3)15-6-9-17-18(10-15)26-12-25-17/h4-10,13,22H,11-12H2,1-3H3,(H,23,24). The van der Waals surface area contributed by atoms with Gasteiger partial charge in [-0.15, -0.1) is 0 Å². The number of amides is 1. The van der Waals surface area contributed by atoms with Gasteiger partial charge in [-0.25, -0.2) is 0 Å². The second-order valence-corrected chi connectivity index (χ2v) is 7.32. The fraction of sp³-hybridized carbons (Fsp3) is 0.350. The molecule has 1 atom stereocenters. The number of halogens is 1. The molecule has 0 radical (unpaired) electrons. The van der Waals surface area contributed by atoms with E-state index in [1.165, 1.54) is 0 Å². The Bertz CT molecular complexity index is 790. The van der Waals surface area contributed by atoms with Crippen LogP contribution in [0, 0.1) is 0 Å². The van der Waals surface area contributed by atoms with E-state index in [4.69, 9.17) is 21.1 Å². The lowest BCUT2D eigenvalue weighted by atomic mass is 9.94. The summed E-state index contributed by atoms with van der Waals surface area (Å²) in [5.74, 6) is 1.42. The number of hydrogen-bond acceptors (Lipinski definition) is 4. The van der Waals surface area contributed by atoms with Crippen LogP contribution in [0.15, 0.2) is 42.5 Å². The predicted molar refractivity (Wildman–Crippen MR) is 102 cm³/mol. The summed E-state index contributed by atoms with van der Waals surface area (Å²) in [5, 5.41) is 6.97. The van der Waals surface area contributed by atoms with Crippen molar-refractivity contribution in [3.8, 4) is 11.5 Å². The average Bonchev–Trinajstić information content (AvgIpc) is 3.08. The number of hydrogen-bond donors (Lipinski definition) is 2. The smallest absolute Gasteiger partial charge is 0.234 e. The summed E-state index contributed by atoms with van der Waals surface area (Å²) in [4.78, 5) is 12.3. The second kappa shape index (κ2) is 7.56. The Morgan fingerprint density at radius 3 is 2.58 bits per heavy atom. The molecular weight excluding hydrogens is 352 g/mol. The third kappa shape index (κ3) is 4.29. The van der Waals surface area contributed by atoms with Crippen LogP contribution in [0.3, 0.4) is 0 Å². The number of ether oxygens (including phenoxy) is 2. The molecule has 1 aliphatic heterocycles. The average molecular weight is 375 g/mol. The summed E-state index contributed by atoms with van der Waals surface area (Å²) < 4.78 is 10.8. The zero-order valence-electron chi connectivity index (χ0n) is 15.1. The molecule has 0 aliphatic carbocycles. The van der Waals surface area contributed by atoms with Gasteiger partial charge in [0.25, 0.3) is 0 Å². The molecule has 1 unspecified atom stereocenters. The van der Waals surface area contributed by atoms with Gasteiger partial charge in [0.2, 0.25) is 12.7 Å². The van der Waals surface area contributed by atoms with Crippen LogP contribution in [-0.4, -0.2) is 19.2 Å². The van der Waals surface area contributed by atoms with Crippen molar-refractivity contribution < 1.29 is 14.3 Å². The zero-order chi connectivity index (χ0) is 18.7. The first-order chi connectivity index (χ1) is 12.3. The van der Waals surface area contributed by atoms with Crippen LogP contribution in [0.4, 0.5) is 0 Å². The van der Waals surface area contributed by atoms with Crippen molar-refractivity contribution in [3.63, 3.8) is 0 Å². The van der Waals surface area contributed by atoms with Gasteiger partial charge < -0.3 is 14.8 Å². The molecule has 138 valence electrons. The molecule has 26 heavy (non-hydrogen) atoms. The minimum Gasteiger partial charge on any atom is -0.454 e. The second-order valence-electron chi connectivity index (χ2n) is 6.89. The summed E-state index contributed by atoms with van der Waals surface area (Å²) in [6.45, 7) is 6.46. The molecule has 1 amide bonds. The van der Waals surface area contributed by atoms with Crippen LogP contribution >= 0.6 is 11.6 Å². The molecular formula is C20H23ClN2O3. The van der Waals surface area contributed by atoms with E-state index < -0.39 is 0 Å². The fourth-order valence-corrected chi connectivity index (χ4v) is 2.94. The van der Waals surface area contributed by atoms with Crippen LogP contribution < -0.4 is 20.1 Å². The number of nitrogens with one attached hydrogen (secondary N) is 2. The van der Waals surface area contributed by atoms with Crippen molar-refractivity contribution in [3.05, 3.63) is 58.6 Å². The lowest BCUT2D eigenvalue weighted by molar-refractivity contribution is -0.121. The van der Waals surface area contributed by atoms with E-state index in [0.717, 1.165) is 22.6 Å². The van der Waals surface area contributed by atoms with Crippen molar-refractivity contribution in [2.24, 2.45) is 0 Å². The van der Waals surface area contributed by atoms with Gasteiger partial charge in [-0.3, -0.25) is 10.1 Å². The number of carbonyl (C=O) groups excluding carboxylic acids is 1. The highest BCUT2D eigenvalue weighted by atomic mass is 35.5. The van der Waals surface area contributed by atoms with Crippen LogP contribution in [0.1, 0.15) is 37.9 Å². The molecule has 6 heteroatoms. The van der Waals surface area contributed by atoms with Crippen LogP contribution in [-0.2, 0) is 10.3 Å². The molecule has 0 bridgehead atoms. The quantitative estimate of drug-likeness (QED) is 0.808. The maximum absolute atomic E-state index is 12.3. The number of rotatable bonds is 6. The number of fused-ring (bicyclic) bond motifs is 1. The number of carbonyl (C=O) groups is 1. The summed E-state index contributed by atoms with van der Waals surface area (Å²) in [6.07, 6.45) is 0. The van der Waals surface area contributed by atoms with Crippen molar-refractivity contribution in [1.29, 1.82) is 0 Å². The third-order valence-electron chi connectivity index (χ3n) is 4.53. The highest BCUT2D eigenvalue weighted by Crippen LogP contribution is 2.35. The van der Waals surface area contributed by atoms with Gasteiger partial charge in [0, 0.05) is 10.6 Å². The van der Waals surface area contributed by atoms with Gasteiger partial charge in [-0.2, -0.15) is 0 Å². The third-order valence-corrected chi connectivity index (χ3v) is 4.78. The van der Waals surface area contributed by atoms with E-state index in [1.807, 2.05) is 63.2 Å². The lowest BCUT2D eigenvalue weighted by Gasteiger charge is -2.27. The van der Waals surface area contributed by atoms with E-state index in [1.54, 1.807) is 0 Å². The van der Waals surface area contributed by atoms with E-state index >= 15 is 0 Å². The molecule has 1 heterocycles. The Morgan fingerprint density at radius 1 is 1.15 bits per heavy atom. The topological polar surface area (TPSA) is 59.6 Å². The van der Waals surface area contributed by atoms with Crippen molar-refractivity contribution in [1.82, 2.24) is 10.6 Å². The molecule has 0 spiro atoms. The van der Waals surface area contributed by atoms with E-state index in [0.29, 0.717) is 5.02 Å². The molecule has 3 rings (SSSR count). The first kappa shape index (κ1) is 18.5. The van der Waals surface area contributed by atoms with Crippen molar-refractivity contribution >= 4 is 17.5 Å². The Balaban J connectivity index is 1.57. The summed E-state index contributed by atoms with van der Waals surface area (Å²) >= 11 is 5.90. The van der Waals surface area contributed by atoms with Crippen LogP contribution in [0.2, 0.25) is 5.02 Å². The van der Waals surface area contributed by atoms with Crippen molar-refractivity contribution in [2.45, 2.75) is 32.4 Å². The molecule has 5 nitrogen and oxygen atoms in total. The lowest BCUT2D eigenvalue weighted by Crippen LogP contribution is -2.43. The zero-order valence-corrected chi connectivity index (χ0v) is 15.9. The van der Waals surface area contributed by atoms with Gasteiger partial charge >= 0.3 is 0 Å². The Hall–Kier alpha value is -2.24. The minimum absolute atomic E-state index is 0.0683. The first-order valence-electron chi connectivity index (χ1n) is 8.55. The van der Waals surface area contributed by atoms with Crippen molar-refractivity contribution in [2.75, 3.05) is 13.3 Å². The van der Waals surface area contributed by atoms with E-state index in [-0.39, 0.29) is 30.8 Å². The molecule has 0 aromatic heterocycles. The number of benzene rings is 2. The van der Waals surface area contributed by atoms with Gasteiger partial charge in [-0.1, -0.05) is 29.8 Å². The van der Waals surface area contributed by atoms with E-state index in [2.05, 4.69) is 10.6 Å². The normalized spacial score (nSPS) is 14.2. The van der Waals surface area contributed by atoms with Gasteiger partial charge in [0.1, 0.15) is 0 Å². The highest BCUT2D eigenvalue weighted by Gasteiger charge is 2.24. The minimum atomic E-state index is -0.387. The molecule has 0 saturated heterocycles. The fourth-order valence-electron chi connectivity index (χ4n) is 2.82. The Morgan fingerprint density at radius 2 is 1.85 bits per heavy atom. The first-order valence-corrected chi connectivity index (χ1v) is 8.93. The van der Waals surface area contributed by atoms with Gasteiger partial charge in [0.05, 0.1) is 12.6 Å². The largest absolute Gasteiger partial charge is 0.454 e. The van der Waals surface area contributed by atoms with E-state index in [9.17, 15) is 4.79 Å². The van der Waals surface area contributed by atoms with Gasteiger partial charge in [-0.05, 0) is 56.2 Å². The molecule has 2 aromatic rings. The van der Waals surface area contributed by atoms with Crippen LogP contribution in [0.5, 0.6) is 11.5 Å². The molecule has 0 saturated carbocycles. The maximum Gasteiger partial charge on any atom is 0.234 e.